The minimum atomic E-state index is -2.81. The number of carbonyl (C=O) groups excluding carboxylic acids is 5. The zero-order chi connectivity index (χ0) is 38.2. The second-order valence-corrected chi connectivity index (χ2v) is 15.6. The van der Waals surface area contributed by atoms with Crippen LogP contribution in [0.1, 0.15) is 76.2 Å². The molecule has 0 aromatic heterocycles. The summed E-state index contributed by atoms with van der Waals surface area (Å²) in [4.78, 5) is 68.5. The van der Waals surface area contributed by atoms with Gasteiger partial charge in [-0.1, -0.05) is 84.0 Å². The first-order chi connectivity index (χ1) is 24.4. The quantitative estimate of drug-likeness (QED) is 0.135. The minimum Gasteiger partial charge on any atom is -0.505 e. The molecule has 12 nitrogen and oxygen atoms in total. The van der Waals surface area contributed by atoms with Crippen LogP contribution in [0.2, 0.25) is 0 Å². The van der Waals surface area contributed by atoms with Gasteiger partial charge < -0.3 is 36.8 Å². The Kier molecular flexibility index (Phi) is 9.13. The van der Waals surface area contributed by atoms with E-state index in [0.717, 1.165) is 10.8 Å². The molecule has 3 aromatic rings. The zero-order valence-electron chi connectivity index (χ0n) is 30.1. The summed E-state index contributed by atoms with van der Waals surface area (Å²) in [7, 11) is 0. The molecule has 10 atom stereocenters. The van der Waals surface area contributed by atoms with Crippen LogP contribution in [0.25, 0.3) is 10.8 Å². The third-order valence-corrected chi connectivity index (χ3v) is 13.0. The number of nitrogens with one attached hydrogen (secondary N) is 2. The molecule has 276 valence electrons. The van der Waals surface area contributed by atoms with E-state index in [4.69, 9.17) is 5.73 Å². The van der Waals surface area contributed by atoms with Gasteiger partial charge in [-0.3, -0.25) is 19.2 Å². The van der Waals surface area contributed by atoms with E-state index >= 15 is 0 Å². The van der Waals surface area contributed by atoms with E-state index in [-0.39, 0.29) is 29.9 Å². The Morgan fingerprint density at radius 3 is 2.21 bits per heavy atom. The van der Waals surface area contributed by atoms with E-state index in [2.05, 4.69) is 10.6 Å². The van der Waals surface area contributed by atoms with Crippen LogP contribution in [-0.2, 0) is 14.4 Å². The highest BCUT2D eigenvalue weighted by atomic mass is 16.4. The van der Waals surface area contributed by atoms with Crippen molar-refractivity contribution in [3.05, 3.63) is 65.7 Å². The number of Topliss-reactive ketones (excluding diaryl/α,β-unsaturated/α-hetero) is 3. The maximum Gasteiger partial charge on any atom is 0.323 e. The van der Waals surface area contributed by atoms with Gasteiger partial charge in [-0.05, 0) is 52.2 Å². The lowest BCUT2D eigenvalue weighted by Gasteiger charge is -2.71. The van der Waals surface area contributed by atoms with Crippen molar-refractivity contribution in [2.45, 2.75) is 78.1 Å². The van der Waals surface area contributed by atoms with E-state index < -0.39 is 93.4 Å². The Labute approximate surface area is 301 Å². The Morgan fingerprint density at radius 1 is 0.942 bits per heavy atom. The summed E-state index contributed by atoms with van der Waals surface area (Å²) in [6, 6.07) is 15.2. The third-order valence-electron chi connectivity index (χ3n) is 13.0. The lowest BCUT2D eigenvalue weighted by atomic mass is 9.33. The minimum absolute atomic E-state index is 0.0993. The smallest absolute Gasteiger partial charge is 0.323 e. The number of hydrogen-bond acceptors (Lipinski definition) is 9. The number of primary amides is 1. The molecule has 8 N–H and O–H groups in total. The molecule has 2 saturated carbocycles. The van der Waals surface area contributed by atoms with Crippen molar-refractivity contribution in [3.63, 3.8) is 0 Å². The van der Waals surface area contributed by atoms with Crippen molar-refractivity contribution in [3.8, 4) is 5.75 Å². The van der Waals surface area contributed by atoms with Crippen LogP contribution in [0.15, 0.2) is 54.6 Å². The van der Waals surface area contributed by atoms with Gasteiger partial charge in [0, 0.05) is 23.6 Å². The molecule has 2 unspecified atom stereocenters. The largest absolute Gasteiger partial charge is 0.505 e. The number of aromatic hydroxyl groups is 1. The summed E-state index contributed by atoms with van der Waals surface area (Å²) in [6.07, 6.45) is -3.86. The number of nitrogens with two attached hydrogens (primary N) is 1. The topological polar surface area (TPSA) is 216 Å². The third kappa shape index (κ3) is 4.94. The molecule has 0 aliphatic heterocycles. The first kappa shape index (κ1) is 37.1. The highest BCUT2D eigenvalue weighted by Crippen LogP contribution is 2.71. The fourth-order valence-corrected chi connectivity index (χ4v) is 10.5. The van der Waals surface area contributed by atoms with Gasteiger partial charge in [0.15, 0.2) is 17.2 Å². The van der Waals surface area contributed by atoms with Crippen molar-refractivity contribution in [2.24, 2.45) is 46.2 Å². The van der Waals surface area contributed by atoms with Crippen LogP contribution >= 0.6 is 0 Å². The molecule has 12 heteroatoms. The molecule has 0 saturated heterocycles. The van der Waals surface area contributed by atoms with Crippen molar-refractivity contribution in [1.29, 1.82) is 0 Å². The predicted octanol–water partition coefficient (Wildman–Crippen LogP) is 4.53. The molecule has 52 heavy (non-hydrogen) atoms. The van der Waals surface area contributed by atoms with E-state index in [9.17, 15) is 44.4 Å². The fourth-order valence-electron chi connectivity index (χ4n) is 10.5. The molecule has 0 radical (unpaired) electrons. The molecule has 6 rings (SSSR count). The van der Waals surface area contributed by atoms with Crippen molar-refractivity contribution < 1.29 is 44.4 Å². The molecule has 0 spiro atoms. The molecule has 2 fully saturated rings. The van der Waals surface area contributed by atoms with E-state index in [1.807, 2.05) is 30.3 Å². The number of carbonyl (C=O) groups is 5. The molecule has 0 heterocycles. The highest BCUT2D eigenvalue weighted by molar-refractivity contribution is 6.11. The van der Waals surface area contributed by atoms with Crippen LogP contribution in [0.4, 0.5) is 16.2 Å². The number of amides is 3. The second kappa shape index (κ2) is 12.8. The van der Waals surface area contributed by atoms with Crippen LogP contribution in [0, 0.1) is 40.4 Å². The number of urea groups is 1. The summed E-state index contributed by atoms with van der Waals surface area (Å²) in [5, 5.41) is 55.5. The summed E-state index contributed by atoms with van der Waals surface area (Å²) < 4.78 is 0. The van der Waals surface area contributed by atoms with Gasteiger partial charge in [0.2, 0.25) is 5.91 Å². The average molecular weight is 714 g/mol. The van der Waals surface area contributed by atoms with Crippen LogP contribution in [0.3, 0.4) is 0 Å². The maximum atomic E-state index is 14.8. The summed E-state index contributed by atoms with van der Waals surface area (Å²) in [5.41, 5.74) is 0.365. The summed E-state index contributed by atoms with van der Waals surface area (Å²) in [5.74, 6) is -10.6. The van der Waals surface area contributed by atoms with Crippen molar-refractivity contribution >= 4 is 51.4 Å². The Morgan fingerprint density at radius 2 is 1.58 bits per heavy atom. The van der Waals surface area contributed by atoms with Gasteiger partial charge in [0.25, 0.3) is 0 Å². The number of fused-ring (bicyclic) bond motifs is 4. The van der Waals surface area contributed by atoms with Gasteiger partial charge in [-0.2, -0.15) is 0 Å². The number of rotatable bonds is 7. The highest BCUT2D eigenvalue weighted by Gasteiger charge is 2.80. The van der Waals surface area contributed by atoms with E-state index in [1.54, 1.807) is 59.7 Å². The number of phenolic OH excluding ortho intramolecular Hbond substituents is 1. The molecule has 0 bridgehead atoms. The fraction of sp³-hybridized carbons (Fsp3) is 0.475. The summed E-state index contributed by atoms with van der Waals surface area (Å²) in [6.45, 7) is 10.3. The van der Waals surface area contributed by atoms with E-state index in [1.165, 1.54) is 6.07 Å². The second-order valence-electron chi connectivity index (χ2n) is 15.6. The molecular weight excluding hydrogens is 666 g/mol. The van der Waals surface area contributed by atoms with Crippen molar-refractivity contribution in [2.75, 3.05) is 10.6 Å². The van der Waals surface area contributed by atoms with E-state index in [0.29, 0.717) is 11.3 Å². The number of anilines is 2. The average Bonchev–Trinajstić information content (AvgIpc) is 3.08. The molecular formula is C40H47N3O9. The van der Waals surface area contributed by atoms with Crippen LogP contribution < -0.4 is 16.4 Å². The Hall–Kier alpha value is -4.65. The first-order valence-corrected chi connectivity index (χ1v) is 17.8. The van der Waals surface area contributed by atoms with Gasteiger partial charge in [0.1, 0.15) is 23.6 Å². The van der Waals surface area contributed by atoms with Gasteiger partial charge in [-0.25, -0.2) is 4.79 Å². The predicted molar refractivity (Wildman–Crippen MR) is 194 cm³/mol. The zero-order valence-corrected chi connectivity index (χ0v) is 30.1. The summed E-state index contributed by atoms with van der Waals surface area (Å²) >= 11 is 0. The maximum absolute atomic E-state index is 14.8. The lowest BCUT2D eigenvalue weighted by Crippen LogP contribution is -2.82. The molecule has 3 amide bonds. The molecule has 3 aliphatic carbocycles. The van der Waals surface area contributed by atoms with Gasteiger partial charge in [-0.15, -0.1) is 0 Å². The number of aliphatic hydroxyl groups is 3. The SMILES string of the molecule is CCC(=O)C[C@@H]1[C@@]2(C)[C@H](C)c3ccc(NC(=O)Nc4cccc5ccccc45)c(O)c3C(=O)[C@@H]2C(O)[C@@]2(O)C(=O)[C@H](C(N)=O)C(O)[C@H](C(C)C)[C@@]12C. The molecule has 3 aromatic carbocycles. The number of hydrogen-bond donors (Lipinski definition) is 7. The van der Waals surface area contributed by atoms with Crippen molar-refractivity contribution in [1.82, 2.24) is 0 Å². The Balaban J connectivity index is 1.49. The van der Waals surface area contributed by atoms with Gasteiger partial charge in [0.05, 0.1) is 29.0 Å². The van der Waals surface area contributed by atoms with Gasteiger partial charge >= 0.3 is 6.03 Å². The number of ketones is 3. The monoisotopic (exact) mass is 713 g/mol. The number of aliphatic hydroxyl groups excluding tert-OH is 2. The lowest BCUT2D eigenvalue weighted by molar-refractivity contribution is -0.292. The standard InChI is InChI=1S/C40H47N3O9/c1-7-21(44)17-26-38(5)19(4)22-15-16-25(43-37(51)42-24-14-10-12-20-11-8-9-13-23(20)24)31(45)27(22)32(46)30(38)35(49)40(52)34(48)28(36(41)50)33(47)29(18(2)3)39(26,40)6/h8-16,18-19,26,28-30,33,35,45,47,49,52H,7,17H2,1-6H3,(H2,41,50)(H2,42,43,51)/t19-,26-,28-,29+,30-,33?,35?,38-,39-,40+/m1/s1. The Bertz CT molecular complexity index is 2010. The van der Waals surface area contributed by atoms with Crippen LogP contribution in [-0.4, -0.2) is 67.5 Å². The van der Waals surface area contributed by atoms with Crippen LogP contribution in [0.5, 0.6) is 5.75 Å². The number of phenols is 1. The number of benzene rings is 3. The molecule has 3 aliphatic rings. The first-order valence-electron chi connectivity index (χ1n) is 17.8. The normalized spacial score (nSPS) is 33.9.